The molecule has 0 spiro atoms. The summed E-state index contributed by atoms with van der Waals surface area (Å²) in [7, 11) is 0. The van der Waals surface area contributed by atoms with Gasteiger partial charge in [-0.25, -0.2) is 0 Å². The Morgan fingerprint density at radius 3 is 2.33 bits per heavy atom. The summed E-state index contributed by atoms with van der Waals surface area (Å²) < 4.78 is 10.8. The Hall–Kier alpha value is -2.33. The van der Waals surface area contributed by atoms with Crippen LogP contribution in [-0.4, -0.2) is 25.7 Å². The van der Waals surface area contributed by atoms with E-state index in [2.05, 4.69) is 12.2 Å². The fraction of sp³-hybridized carbons (Fsp3) is 0.350. The maximum Gasteiger partial charge on any atom is 0.251 e. The second kappa shape index (κ2) is 9.73. The smallest absolute Gasteiger partial charge is 0.251 e. The standard InChI is InChI=1S/C20H25NO3/c1-3-19(16-8-6-5-7-9-16)21-20(22)17-10-12-18(13-11-17)24-15-14-23-4-2/h5-13,19H,3-4,14-15H2,1-2H3,(H,21,22). The first-order valence-corrected chi connectivity index (χ1v) is 8.41. The zero-order valence-electron chi connectivity index (χ0n) is 14.3. The molecule has 0 bridgehead atoms. The van der Waals surface area contributed by atoms with E-state index in [-0.39, 0.29) is 11.9 Å². The minimum Gasteiger partial charge on any atom is -0.491 e. The molecule has 0 aliphatic carbocycles. The molecule has 0 saturated carbocycles. The molecule has 0 heterocycles. The second-order valence-corrected chi connectivity index (χ2v) is 5.41. The van der Waals surface area contributed by atoms with Crippen LogP contribution < -0.4 is 10.1 Å². The fourth-order valence-corrected chi connectivity index (χ4v) is 2.41. The van der Waals surface area contributed by atoms with Crippen molar-refractivity contribution in [1.82, 2.24) is 5.32 Å². The molecule has 0 saturated heterocycles. The summed E-state index contributed by atoms with van der Waals surface area (Å²) in [5, 5.41) is 3.08. The lowest BCUT2D eigenvalue weighted by atomic mass is 10.0. The van der Waals surface area contributed by atoms with Crippen LogP contribution >= 0.6 is 0 Å². The monoisotopic (exact) mass is 327 g/mol. The third kappa shape index (κ3) is 5.39. The number of nitrogens with one attached hydrogen (secondary N) is 1. The van der Waals surface area contributed by atoms with E-state index in [1.54, 1.807) is 12.1 Å². The van der Waals surface area contributed by atoms with Gasteiger partial charge >= 0.3 is 0 Å². The van der Waals surface area contributed by atoms with E-state index in [0.29, 0.717) is 25.4 Å². The van der Waals surface area contributed by atoms with Gasteiger partial charge in [0.25, 0.3) is 5.91 Å². The number of carbonyl (C=O) groups excluding carboxylic acids is 1. The third-order valence-electron chi connectivity index (χ3n) is 3.73. The normalized spacial score (nSPS) is 11.8. The summed E-state index contributed by atoms with van der Waals surface area (Å²) in [6.45, 7) is 5.77. The fourth-order valence-electron chi connectivity index (χ4n) is 2.41. The van der Waals surface area contributed by atoms with Gasteiger partial charge in [-0.2, -0.15) is 0 Å². The molecule has 0 aliphatic heterocycles. The first kappa shape index (κ1) is 18.0. The summed E-state index contributed by atoms with van der Waals surface area (Å²) in [5.74, 6) is 0.660. The molecule has 1 atom stereocenters. The van der Waals surface area contributed by atoms with Crippen molar-refractivity contribution in [3.63, 3.8) is 0 Å². The molecule has 2 rings (SSSR count). The summed E-state index contributed by atoms with van der Waals surface area (Å²) in [4.78, 5) is 12.4. The molecule has 0 aliphatic rings. The summed E-state index contributed by atoms with van der Waals surface area (Å²) in [6, 6.07) is 17.2. The first-order valence-electron chi connectivity index (χ1n) is 8.41. The van der Waals surface area contributed by atoms with Crippen molar-refractivity contribution in [2.75, 3.05) is 19.8 Å². The van der Waals surface area contributed by atoms with Crippen LogP contribution in [0.1, 0.15) is 42.2 Å². The van der Waals surface area contributed by atoms with E-state index in [0.717, 1.165) is 17.7 Å². The maximum absolute atomic E-state index is 12.4. The van der Waals surface area contributed by atoms with Gasteiger partial charge in [-0.3, -0.25) is 4.79 Å². The summed E-state index contributed by atoms with van der Waals surface area (Å²) in [6.07, 6.45) is 0.842. The van der Waals surface area contributed by atoms with Crippen LogP contribution in [0.15, 0.2) is 54.6 Å². The molecule has 0 radical (unpaired) electrons. The van der Waals surface area contributed by atoms with Crippen molar-refractivity contribution in [3.8, 4) is 5.75 Å². The zero-order chi connectivity index (χ0) is 17.2. The predicted molar refractivity (Wildman–Crippen MR) is 95.4 cm³/mol. The topological polar surface area (TPSA) is 47.6 Å². The SMILES string of the molecule is CCOCCOc1ccc(C(=O)NC(CC)c2ccccc2)cc1. The Bertz CT molecular complexity index is 611. The van der Waals surface area contributed by atoms with Crippen LogP contribution in [0.5, 0.6) is 5.75 Å². The van der Waals surface area contributed by atoms with Crippen LogP contribution in [0, 0.1) is 0 Å². The minimum atomic E-state index is -0.0773. The number of amides is 1. The van der Waals surface area contributed by atoms with Crippen molar-refractivity contribution in [2.45, 2.75) is 26.3 Å². The Morgan fingerprint density at radius 2 is 1.71 bits per heavy atom. The quantitative estimate of drug-likeness (QED) is 0.709. The highest BCUT2D eigenvalue weighted by molar-refractivity contribution is 5.94. The number of benzene rings is 2. The molecule has 4 nitrogen and oxygen atoms in total. The number of hydrogen-bond acceptors (Lipinski definition) is 3. The van der Waals surface area contributed by atoms with Gasteiger partial charge in [0, 0.05) is 12.2 Å². The van der Waals surface area contributed by atoms with E-state index in [4.69, 9.17) is 9.47 Å². The number of carbonyl (C=O) groups is 1. The van der Waals surface area contributed by atoms with Gasteiger partial charge in [0.1, 0.15) is 12.4 Å². The van der Waals surface area contributed by atoms with Gasteiger partial charge in [0.2, 0.25) is 0 Å². The van der Waals surface area contributed by atoms with Gasteiger partial charge in [-0.1, -0.05) is 37.3 Å². The van der Waals surface area contributed by atoms with Gasteiger partial charge < -0.3 is 14.8 Å². The average molecular weight is 327 g/mol. The Balaban J connectivity index is 1.92. The van der Waals surface area contributed by atoms with Gasteiger partial charge in [0.05, 0.1) is 12.6 Å². The molecule has 0 fully saturated rings. The summed E-state index contributed by atoms with van der Waals surface area (Å²) >= 11 is 0. The highest BCUT2D eigenvalue weighted by atomic mass is 16.5. The molecule has 2 aromatic rings. The summed E-state index contributed by atoms with van der Waals surface area (Å²) in [5.41, 5.74) is 1.74. The Labute approximate surface area is 143 Å². The molecule has 1 amide bonds. The molecular formula is C20H25NO3. The molecule has 24 heavy (non-hydrogen) atoms. The molecule has 1 unspecified atom stereocenters. The lowest BCUT2D eigenvalue weighted by Crippen LogP contribution is -2.28. The number of ether oxygens (including phenoxy) is 2. The van der Waals surface area contributed by atoms with Crippen LogP contribution in [0.3, 0.4) is 0 Å². The highest BCUT2D eigenvalue weighted by Gasteiger charge is 2.13. The lowest BCUT2D eigenvalue weighted by Gasteiger charge is -2.17. The molecule has 0 aromatic heterocycles. The Morgan fingerprint density at radius 1 is 1.00 bits per heavy atom. The molecule has 2 aromatic carbocycles. The van der Waals surface area contributed by atoms with E-state index >= 15 is 0 Å². The number of rotatable bonds is 9. The van der Waals surface area contributed by atoms with Crippen molar-refractivity contribution in [3.05, 3.63) is 65.7 Å². The van der Waals surface area contributed by atoms with Crippen molar-refractivity contribution in [2.24, 2.45) is 0 Å². The zero-order valence-corrected chi connectivity index (χ0v) is 14.3. The van der Waals surface area contributed by atoms with Gasteiger partial charge in [-0.05, 0) is 43.2 Å². The Kier molecular flexibility index (Phi) is 7.30. The van der Waals surface area contributed by atoms with E-state index < -0.39 is 0 Å². The molecule has 1 N–H and O–H groups in total. The molecule has 4 heteroatoms. The molecule has 128 valence electrons. The van der Waals surface area contributed by atoms with Crippen LogP contribution in [0.2, 0.25) is 0 Å². The third-order valence-corrected chi connectivity index (χ3v) is 3.73. The second-order valence-electron chi connectivity index (χ2n) is 5.41. The van der Waals surface area contributed by atoms with E-state index in [1.165, 1.54) is 0 Å². The largest absolute Gasteiger partial charge is 0.491 e. The van der Waals surface area contributed by atoms with Crippen LogP contribution in [0.4, 0.5) is 0 Å². The van der Waals surface area contributed by atoms with E-state index in [9.17, 15) is 4.79 Å². The predicted octanol–water partition coefficient (Wildman–Crippen LogP) is 3.98. The van der Waals surface area contributed by atoms with Gasteiger partial charge in [-0.15, -0.1) is 0 Å². The van der Waals surface area contributed by atoms with E-state index in [1.807, 2.05) is 49.4 Å². The van der Waals surface area contributed by atoms with Crippen molar-refractivity contribution >= 4 is 5.91 Å². The maximum atomic E-state index is 12.4. The average Bonchev–Trinajstić information content (AvgIpc) is 2.64. The molecular weight excluding hydrogens is 302 g/mol. The number of hydrogen-bond donors (Lipinski definition) is 1. The van der Waals surface area contributed by atoms with Gasteiger partial charge in [0.15, 0.2) is 0 Å². The highest BCUT2D eigenvalue weighted by Crippen LogP contribution is 2.18. The first-order chi connectivity index (χ1) is 11.7. The van der Waals surface area contributed by atoms with Crippen molar-refractivity contribution < 1.29 is 14.3 Å². The van der Waals surface area contributed by atoms with Crippen molar-refractivity contribution in [1.29, 1.82) is 0 Å². The minimum absolute atomic E-state index is 0.0146. The lowest BCUT2D eigenvalue weighted by molar-refractivity contribution is 0.0935. The van der Waals surface area contributed by atoms with Crippen LogP contribution in [-0.2, 0) is 4.74 Å². The van der Waals surface area contributed by atoms with Crippen LogP contribution in [0.25, 0.3) is 0 Å².